The van der Waals surface area contributed by atoms with Gasteiger partial charge < -0.3 is 14.2 Å². The molecule has 0 saturated heterocycles. The summed E-state index contributed by atoms with van der Waals surface area (Å²) in [5.41, 5.74) is 0. The van der Waals surface area contributed by atoms with Crippen molar-refractivity contribution >= 4 is 11.9 Å². The lowest BCUT2D eigenvalue weighted by atomic mass is 10.1. The van der Waals surface area contributed by atoms with Crippen LogP contribution in [0.3, 0.4) is 0 Å². The molecule has 5 heteroatoms. The maximum absolute atomic E-state index is 12.8. The largest absolute Gasteiger partial charge is 0.462 e. The van der Waals surface area contributed by atoms with E-state index in [2.05, 4.69) is 136 Å². The molecule has 0 fully saturated rings. The van der Waals surface area contributed by atoms with Crippen LogP contribution in [0, 0.1) is 0 Å². The normalized spacial score (nSPS) is 13.2. The summed E-state index contributed by atoms with van der Waals surface area (Å²) < 4.78 is 17.3. The first-order valence-corrected chi connectivity index (χ1v) is 26.1. The van der Waals surface area contributed by atoms with Gasteiger partial charge in [-0.3, -0.25) is 9.59 Å². The summed E-state index contributed by atoms with van der Waals surface area (Å²) in [7, 11) is 0. The van der Waals surface area contributed by atoms with E-state index < -0.39 is 6.10 Å². The third kappa shape index (κ3) is 50.9. The van der Waals surface area contributed by atoms with Crippen molar-refractivity contribution in [2.45, 2.75) is 219 Å². The van der Waals surface area contributed by atoms with Gasteiger partial charge in [-0.1, -0.05) is 206 Å². The number of ether oxygens (including phenoxy) is 3. The van der Waals surface area contributed by atoms with Crippen LogP contribution in [-0.4, -0.2) is 37.9 Å². The Morgan fingerprint density at radius 3 is 1.25 bits per heavy atom. The summed E-state index contributed by atoms with van der Waals surface area (Å²) in [4.78, 5) is 25.4. The monoisotopic (exact) mass is 885 g/mol. The second kappa shape index (κ2) is 53.6. The van der Waals surface area contributed by atoms with E-state index in [1.165, 1.54) is 70.6 Å². The fraction of sp³-hybridized carbons (Fsp3) is 0.627. The van der Waals surface area contributed by atoms with Crippen molar-refractivity contribution in [2.75, 3.05) is 19.8 Å². The maximum atomic E-state index is 12.8. The number of allylic oxidation sites excluding steroid dienone is 20. The van der Waals surface area contributed by atoms with Gasteiger partial charge in [0.05, 0.1) is 6.61 Å². The SMILES string of the molecule is CC/C=C\C/C=C\C/C=C\C/C=C\C/C=C\C/C=C\CCC(=O)OCC(COCCCCCCCC/C=C\C/C=C\CCCCC)OC(=O)CCCCCCC/C=C\C/C=C\CCC. The highest BCUT2D eigenvalue weighted by Crippen LogP contribution is 2.12. The molecule has 0 aromatic rings. The minimum atomic E-state index is -0.587. The second-order valence-electron chi connectivity index (χ2n) is 16.7. The van der Waals surface area contributed by atoms with E-state index in [4.69, 9.17) is 14.2 Å². The van der Waals surface area contributed by atoms with Gasteiger partial charge in [-0.05, 0) is 116 Å². The Balaban J connectivity index is 4.44. The molecule has 1 unspecified atom stereocenters. The van der Waals surface area contributed by atoms with Crippen molar-refractivity contribution in [3.8, 4) is 0 Å². The predicted octanol–water partition coefficient (Wildman–Crippen LogP) is 17.8. The smallest absolute Gasteiger partial charge is 0.306 e. The lowest BCUT2D eigenvalue weighted by Gasteiger charge is -2.18. The highest BCUT2D eigenvalue weighted by molar-refractivity contribution is 5.70. The number of unbranched alkanes of at least 4 members (excludes halogenated alkanes) is 15. The van der Waals surface area contributed by atoms with Crippen molar-refractivity contribution in [2.24, 2.45) is 0 Å². The number of hydrogen-bond donors (Lipinski definition) is 0. The average Bonchev–Trinajstić information content (AvgIpc) is 3.30. The van der Waals surface area contributed by atoms with Gasteiger partial charge >= 0.3 is 11.9 Å². The number of carbonyl (C=O) groups is 2. The molecular weight excluding hydrogens is 789 g/mol. The number of rotatable bonds is 46. The zero-order valence-electron chi connectivity index (χ0n) is 41.5. The summed E-state index contributed by atoms with van der Waals surface area (Å²) in [6.45, 7) is 7.49. The van der Waals surface area contributed by atoms with Gasteiger partial charge in [-0.15, -0.1) is 0 Å². The molecule has 0 aliphatic rings. The lowest BCUT2D eigenvalue weighted by Crippen LogP contribution is -2.30. The number of carbonyl (C=O) groups excluding carboxylic acids is 2. The Morgan fingerprint density at radius 1 is 0.359 bits per heavy atom. The van der Waals surface area contributed by atoms with Crippen molar-refractivity contribution in [3.63, 3.8) is 0 Å². The molecule has 0 spiro atoms. The van der Waals surface area contributed by atoms with Crippen LogP contribution in [0.2, 0.25) is 0 Å². The van der Waals surface area contributed by atoms with Crippen LogP contribution in [0.5, 0.6) is 0 Å². The molecule has 1 atom stereocenters. The topological polar surface area (TPSA) is 61.8 Å². The molecule has 64 heavy (non-hydrogen) atoms. The van der Waals surface area contributed by atoms with E-state index in [1.807, 2.05) is 6.08 Å². The lowest BCUT2D eigenvalue weighted by molar-refractivity contribution is -0.162. The van der Waals surface area contributed by atoms with Gasteiger partial charge in [0.2, 0.25) is 0 Å². The second-order valence-corrected chi connectivity index (χ2v) is 16.7. The Kier molecular flexibility index (Phi) is 50.5. The van der Waals surface area contributed by atoms with Crippen LogP contribution in [-0.2, 0) is 23.8 Å². The Hall–Kier alpha value is -3.70. The van der Waals surface area contributed by atoms with E-state index >= 15 is 0 Å². The fourth-order valence-electron chi connectivity index (χ4n) is 6.60. The molecule has 0 N–H and O–H groups in total. The molecule has 0 radical (unpaired) electrons. The molecule has 0 aliphatic heterocycles. The van der Waals surface area contributed by atoms with Gasteiger partial charge in [0, 0.05) is 19.4 Å². The Labute approximate surface area is 395 Å². The zero-order chi connectivity index (χ0) is 46.3. The third-order valence-electron chi connectivity index (χ3n) is 10.4. The first kappa shape index (κ1) is 60.3. The maximum Gasteiger partial charge on any atom is 0.306 e. The molecule has 0 saturated carbocycles. The summed E-state index contributed by atoms with van der Waals surface area (Å²) >= 11 is 0. The minimum absolute atomic E-state index is 0.0277. The number of hydrogen-bond acceptors (Lipinski definition) is 5. The van der Waals surface area contributed by atoms with Gasteiger partial charge in [-0.25, -0.2) is 0 Å². The first-order valence-electron chi connectivity index (χ1n) is 26.1. The van der Waals surface area contributed by atoms with Gasteiger partial charge in [-0.2, -0.15) is 0 Å². The minimum Gasteiger partial charge on any atom is -0.462 e. The van der Waals surface area contributed by atoms with Crippen LogP contribution in [0.15, 0.2) is 122 Å². The van der Waals surface area contributed by atoms with E-state index in [0.29, 0.717) is 25.9 Å². The third-order valence-corrected chi connectivity index (χ3v) is 10.4. The molecule has 0 aliphatic carbocycles. The van der Waals surface area contributed by atoms with Crippen LogP contribution >= 0.6 is 0 Å². The molecule has 0 rings (SSSR count). The van der Waals surface area contributed by atoms with E-state index in [-0.39, 0.29) is 25.2 Å². The van der Waals surface area contributed by atoms with Crippen LogP contribution in [0.4, 0.5) is 0 Å². The first-order chi connectivity index (χ1) is 31.6. The number of esters is 2. The summed E-state index contributed by atoms with van der Waals surface area (Å²) in [6, 6.07) is 0. The van der Waals surface area contributed by atoms with Crippen LogP contribution < -0.4 is 0 Å². The highest BCUT2D eigenvalue weighted by atomic mass is 16.6. The zero-order valence-corrected chi connectivity index (χ0v) is 41.5. The molecule has 5 nitrogen and oxygen atoms in total. The molecular formula is C59H96O5. The van der Waals surface area contributed by atoms with Crippen molar-refractivity contribution in [3.05, 3.63) is 122 Å². The van der Waals surface area contributed by atoms with E-state index in [1.54, 1.807) is 0 Å². The van der Waals surface area contributed by atoms with Gasteiger partial charge in [0.25, 0.3) is 0 Å². The standard InChI is InChI=1S/C59H96O5/c1-4-7-10-13-16-19-22-25-27-29-30-31-32-35-37-40-43-46-49-52-58(60)63-56-57(64-59(61)53-50-47-44-41-38-34-24-21-18-15-12-9-6-3)55-62-54-51-48-45-42-39-36-33-28-26-23-20-17-14-11-8-5-2/h7,10,12,15-17,19-21,24-28,30-31,35,37,43,46,57H,4-6,8-9,11,13-14,18,22-23,29,32-34,36,38-42,44-45,47-56H2,1-3H3/b10-7-,15-12-,19-16-,20-17-,24-21-,27-25-,28-26-,31-30-,37-35-,46-43-. The van der Waals surface area contributed by atoms with Crippen molar-refractivity contribution < 1.29 is 23.8 Å². The van der Waals surface area contributed by atoms with Gasteiger partial charge in [0.1, 0.15) is 6.61 Å². The highest BCUT2D eigenvalue weighted by Gasteiger charge is 2.17. The summed E-state index contributed by atoms with van der Waals surface area (Å²) in [5.74, 6) is -0.524. The van der Waals surface area contributed by atoms with Crippen LogP contribution in [0.1, 0.15) is 213 Å². The van der Waals surface area contributed by atoms with Crippen LogP contribution in [0.25, 0.3) is 0 Å². The molecule has 0 heterocycles. The molecule has 0 bridgehead atoms. The molecule has 362 valence electrons. The average molecular weight is 885 g/mol. The fourth-order valence-corrected chi connectivity index (χ4v) is 6.60. The van der Waals surface area contributed by atoms with Crippen molar-refractivity contribution in [1.82, 2.24) is 0 Å². The van der Waals surface area contributed by atoms with E-state index in [9.17, 15) is 9.59 Å². The van der Waals surface area contributed by atoms with Gasteiger partial charge in [0.15, 0.2) is 6.10 Å². The Bertz CT molecular complexity index is 1320. The Morgan fingerprint density at radius 2 is 0.766 bits per heavy atom. The quantitative estimate of drug-likeness (QED) is 0.0346. The predicted molar refractivity (Wildman–Crippen MR) is 279 cm³/mol. The van der Waals surface area contributed by atoms with E-state index in [0.717, 1.165) is 103 Å². The summed E-state index contributed by atoms with van der Waals surface area (Å²) in [5, 5.41) is 0. The summed E-state index contributed by atoms with van der Waals surface area (Å²) in [6.07, 6.45) is 75.0. The molecule has 0 aromatic heterocycles. The van der Waals surface area contributed by atoms with Crippen molar-refractivity contribution in [1.29, 1.82) is 0 Å². The molecule has 0 aromatic carbocycles. The molecule has 0 amide bonds.